The predicted molar refractivity (Wildman–Crippen MR) is 84.8 cm³/mol. The summed E-state index contributed by atoms with van der Waals surface area (Å²) >= 11 is 0. The summed E-state index contributed by atoms with van der Waals surface area (Å²) in [7, 11) is 1.43. The third-order valence-electron chi connectivity index (χ3n) is 4.24. The van der Waals surface area contributed by atoms with Crippen LogP contribution in [0.2, 0.25) is 0 Å². The molecule has 1 heterocycles. The van der Waals surface area contributed by atoms with Gasteiger partial charge in [-0.2, -0.15) is 18.4 Å². The van der Waals surface area contributed by atoms with Crippen LogP contribution in [-0.2, 0) is 11.3 Å². The monoisotopic (exact) mass is 355 g/mol. The lowest BCUT2D eigenvalue weighted by Gasteiger charge is -2.40. The highest BCUT2D eigenvalue weighted by Gasteiger charge is 2.46. The number of rotatable bonds is 4. The second-order valence-corrected chi connectivity index (χ2v) is 6.11. The summed E-state index contributed by atoms with van der Waals surface area (Å²) in [6.45, 7) is 1.50. The van der Waals surface area contributed by atoms with E-state index in [2.05, 4.69) is 5.32 Å². The van der Waals surface area contributed by atoms with Crippen molar-refractivity contribution in [1.29, 1.82) is 5.26 Å². The summed E-state index contributed by atoms with van der Waals surface area (Å²) in [4.78, 5) is 12.5. The van der Waals surface area contributed by atoms with Gasteiger partial charge in [0.2, 0.25) is 5.91 Å². The van der Waals surface area contributed by atoms with Crippen LogP contribution in [0.15, 0.2) is 18.2 Å². The highest BCUT2D eigenvalue weighted by Crippen LogP contribution is 2.33. The maximum Gasteiger partial charge on any atom is 0.404 e. The molecule has 0 bridgehead atoms. The van der Waals surface area contributed by atoms with Gasteiger partial charge >= 0.3 is 6.18 Å². The number of methoxy groups -OCH3 is 1. The fourth-order valence-corrected chi connectivity index (χ4v) is 3.17. The first-order valence-corrected chi connectivity index (χ1v) is 7.89. The molecule has 1 N–H and O–H groups in total. The van der Waals surface area contributed by atoms with E-state index in [9.17, 15) is 18.0 Å². The molecular weight excluding hydrogens is 335 g/mol. The quantitative estimate of drug-likeness (QED) is 0.902. The van der Waals surface area contributed by atoms with E-state index in [1.54, 1.807) is 12.1 Å². The molecule has 0 spiro atoms. The number of piperidine rings is 1. The Kier molecular flexibility index (Phi) is 5.90. The zero-order valence-corrected chi connectivity index (χ0v) is 14.1. The Morgan fingerprint density at radius 3 is 2.72 bits per heavy atom. The number of carbonyl (C=O) groups is 1. The fourth-order valence-electron chi connectivity index (χ4n) is 3.17. The van der Waals surface area contributed by atoms with Crippen LogP contribution in [0.25, 0.3) is 0 Å². The van der Waals surface area contributed by atoms with Crippen molar-refractivity contribution in [1.82, 2.24) is 10.2 Å². The second-order valence-electron chi connectivity index (χ2n) is 6.11. The summed E-state index contributed by atoms with van der Waals surface area (Å²) in [6, 6.07) is 4.86. The Labute approximate surface area is 144 Å². The molecule has 136 valence electrons. The normalized spacial score (nSPS) is 21.4. The zero-order valence-electron chi connectivity index (χ0n) is 14.1. The number of nitrogens with one attached hydrogen (secondary N) is 1. The lowest BCUT2D eigenvalue weighted by atomic mass is 9.96. The molecule has 0 aliphatic carbocycles. The van der Waals surface area contributed by atoms with Gasteiger partial charge in [0.05, 0.1) is 12.7 Å². The molecule has 2 atom stereocenters. The number of hydrogen-bond donors (Lipinski definition) is 1. The van der Waals surface area contributed by atoms with Gasteiger partial charge in [-0.05, 0) is 30.5 Å². The number of likely N-dealkylation sites (tertiary alicyclic amines) is 1. The Balaban J connectivity index is 2.22. The summed E-state index contributed by atoms with van der Waals surface area (Å²) in [6.07, 6.45) is -4.13. The highest BCUT2D eigenvalue weighted by molar-refractivity contribution is 5.73. The van der Waals surface area contributed by atoms with Crippen molar-refractivity contribution in [3.8, 4) is 11.8 Å². The lowest BCUT2D eigenvalue weighted by Crippen LogP contribution is -2.55. The number of amides is 1. The molecule has 8 heteroatoms. The van der Waals surface area contributed by atoms with Gasteiger partial charge in [0.25, 0.3) is 0 Å². The van der Waals surface area contributed by atoms with Crippen molar-refractivity contribution in [2.75, 3.05) is 13.7 Å². The number of carbonyl (C=O) groups excluding carboxylic acids is 1. The first-order chi connectivity index (χ1) is 11.7. The van der Waals surface area contributed by atoms with Gasteiger partial charge in [-0.25, -0.2) is 0 Å². The minimum absolute atomic E-state index is 0.0406. The van der Waals surface area contributed by atoms with E-state index in [1.165, 1.54) is 25.0 Å². The van der Waals surface area contributed by atoms with Crippen LogP contribution in [0.4, 0.5) is 13.2 Å². The molecule has 5 nitrogen and oxygen atoms in total. The maximum absolute atomic E-state index is 13.3. The number of ether oxygens (including phenoxy) is 1. The largest absolute Gasteiger partial charge is 0.495 e. The molecule has 25 heavy (non-hydrogen) atoms. The van der Waals surface area contributed by atoms with Gasteiger partial charge in [-0.15, -0.1) is 0 Å². The van der Waals surface area contributed by atoms with Crippen molar-refractivity contribution in [3.63, 3.8) is 0 Å². The topological polar surface area (TPSA) is 65.4 Å². The average Bonchev–Trinajstić information content (AvgIpc) is 2.53. The van der Waals surface area contributed by atoms with E-state index in [1.807, 2.05) is 6.07 Å². The van der Waals surface area contributed by atoms with E-state index >= 15 is 0 Å². The van der Waals surface area contributed by atoms with Gasteiger partial charge in [-0.1, -0.05) is 6.07 Å². The molecule has 1 saturated heterocycles. The van der Waals surface area contributed by atoms with E-state index in [0.717, 1.165) is 0 Å². The van der Waals surface area contributed by atoms with Crippen molar-refractivity contribution in [2.24, 2.45) is 0 Å². The fraction of sp³-hybridized carbons (Fsp3) is 0.529. The Morgan fingerprint density at radius 1 is 1.44 bits per heavy atom. The number of nitrogens with zero attached hydrogens (tertiary/aromatic N) is 2. The zero-order chi connectivity index (χ0) is 18.6. The summed E-state index contributed by atoms with van der Waals surface area (Å²) in [5, 5.41) is 11.8. The third-order valence-corrected chi connectivity index (χ3v) is 4.24. The first kappa shape index (κ1) is 19.1. The number of halogens is 3. The minimum Gasteiger partial charge on any atom is -0.495 e. The summed E-state index contributed by atoms with van der Waals surface area (Å²) in [5.41, 5.74) is 0.869. The molecule has 0 unspecified atom stereocenters. The smallest absolute Gasteiger partial charge is 0.404 e. The summed E-state index contributed by atoms with van der Waals surface area (Å²) in [5.74, 6) is 0.125. The van der Waals surface area contributed by atoms with Crippen molar-refractivity contribution in [2.45, 2.75) is 44.6 Å². The molecule has 0 saturated carbocycles. The predicted octanol–water partition coefficient (Wildman–Crippen LogP) is 2.60. The van der Waals surface area contributed by atoms with E-state index < -0.39 is 12.2 Å². The van der Waals surface area contributed by atoms with E-state index in [-0.39, 0.29) is 43.4 Å². The molecule has 1 aliphatic rings. The van der Waals surface area contributed by atoms with Gasteiger partial charge < -0.3 is 10.1 Å². The standard InChI is InChI=1S/C17H20F3N3O2/c1-11(24)22-14-4-6-16(17(18,19)20)23(10-14)9-12-3-5-15(25-2)13(7-12)8-21/h3,5,7,14,16H,4,6,9-10H2,1-2H3,(H,22,24)/t14-,16+/m1/s1. The van der Waals surface area contributed by atoms with Crippen LogP contribution in [0.1, 0.15) is 30.9 Å². The number of benzene rings is 1. The number of alkyl halides is 3. The molecule has 1 aromatic carbocycles. The Morgan fingerprint density at radius 2 is 2.16 bits per heavy atom. The molecule has 1 aromatic rings. The van der Waals surface area contributed by atoms with Crippen LogP contribution < -0.4 is 10.1 Å². The van der Waals surface area contributed by atoms with Gasteiger partial charge in [0.15, 0.2) is 0 Å². The van der Waals surface area contributed by atoms with Crippen LogP contribution in [-0.4, -0.2) is 42.7 Å². The lowest BCUT2D eigenvalue weighted by molar-refractivity contribution is -0.194. The minimum atomic E-state index is -4.34. The van der Waals surface area contributed by atoms with Crippen LogP contribution in [0.5, 0.6) is 5.75 Å². The first-order valence-electron chi connectivity index (χ1n) is 7.89. The molecule has 1 aliphatic heterocycles. The van der Waals surface area contributed by atoms with Crippen molar-refractivity contribution >= 4 is 5.91 Å². The Hall–Kier alpha value is -2.27. The highest BCUT2D eigenvalue weighted by atomic mass is 19.4. The molecule has 1 amide bonds. The van der Waals surface area contributed by atoms with Crippen molar-refractivity contribution < 1.29 is 22.7 Å². The Bertz CT molecular complexity index is 670. The SMILES string of the molecule is COc1ccc(CN2C[C@H](NC(C)=O)CC[C@H]2C(F)(F)F)cc1C#N. The number of nitriles is 1. The van der Waals surface area contributed by atoms with E-state index in [4.69, 9.17) is 10.00 Å². The van der Waals surface area contributed by atoms with Crippen LogP contribution in [0.3, 0.4) is 0 Å². The third kappa shape index (κ3) is 4.86. The van der Waals surface area contributed by atoms with Crippen LogP contribution in [0, 0.1) is 11.3 Å². The average molecular weight is 355 g/mol. The van der Waals surface area contributed by atoms with Gasteiger partial charge in [0.1, 0.15) is 17.9 Å². The van der Waals surface area contributed by atoms with Gasteiger partial charge in [-0.3, -0.25) is 9.69 Å². The molecular formula is C17H20F3N3O2. The van der Waals surface area contributed by atoms with Gasteiger partial charge in [0, 0.05) is 26.1 Å². The van der Waals surface area contributed by atoms with Crippen molar-refractivity contribution in [3.05, 3.63) is 29.3 Å². The van der Waals surface area contributed by atoms with Crippen LogP contribution >= 0.6 is 0 Å². The molecule has 1 fully saturated rings. The summed E-state index contributed by atoms with van der Waals surface area (Å²) < 4.78 is 45.1. The molecule has 0 aromatic heterocycles. The molecule has 0 radical (unpaired) electrons. The maximum atomic E-state index is 13.3. The van der Waals surface area contributed by atoms with E-state index in [0.29, 0.717) is 11.3 Å². The molecule has 2 rings (SSSR count). The number of hydrogen-bond acceptors (Lipinski definition) is 4. The second kappa shape index (κ2) is 7.74.